The highest BCUT2D eigenvalue weighted by atomic mass is 16.4. The quantitative estimate of drug-likeness (QED) is 0.887. The largest absolute Gasteiger partial charge is 0.479 e. The number of carbonyl (C=O) groups excluding carboxylic acids is 1. The molecule has 0 aliphatic carbocycles. The van der Waals surface area contributed by atoms with E-state index in [2.05, 4.69) is 5.32 Å². The zero-order chi connectivity index (χ0) is 15.4. The average Bonchev–Trinajstić information content (AvgIpc) is 2.94. The molecule has 2 aromatic rings. The molecule has 0 spiro atoms. The van der Waals surface area contributed by atoms with Gasteiger partial charge in [0, 0.05) is 12.2 Å². The van der Waals surface area contributed by atoms with E-state index in [0.717, 1.165) is 0 Å². The van der Waals surface area contributed by atoms with Crippen molar-refractivity contribution in [2.75, 3.05) is 0 Å². The van der Waals surface area contributed by atoms with Crippen molar-refractivity contribution in [1.29, 1.82) is 0 Å². The summed E-state index contributed by atoms with van der Waals surface area (Å²) in [6.45, 7) is 3.92. The first-order valence-electron chi connectivity index (χ1n) is 6.76. The number of nitrogens with zero attached hydrogens (tertiary/aromatic N) is 1. The van der Waals surface area contributed by atoms with Crippen LogP contribution in [0.3, 0.4) is 0 Å². The third kappa shape index (κ3) is 3.31. The Morgan fingerprint density at radius 3 is 2.33 bits per heavy atom. The predicted octanol–water partition coefficient (Wildman–Crippen LogP) is 2.62. The number of hydrogen-bond donors (Lipinski definition) is 2. The van der Waals surface area contributed by atoms with Crippen molar-refractivity contribution in [3.63, 3.8) is 0 Å². The summed E-state index contributed by atoms with van der Waals surface area (Å²) in [5.41, 5.74) is 0.994. The van der Waals surface area contributed by atoms with Gasteiger partial charge in [0.25, 0.3) is 5.91 Å². The van der Waals surface area contributed by atoms with Gasteiger partial charge in [0.1, 0.15) is 5.69 Å². The summed E-state index contributed by atoms with van der Waals surface area (Å²) in [4.78, 5) is 23.7. The summed E-state index contributed by atoms with van der Waals surface area (Å²) < 4.78 is 1.80. The van der Waals surface area contributed by atoms with Crippen molar-refractivity contribution in [1.82, 2.24) is 9.88 Å². The molecule has 2 N–H and O–H groups in total. The van der Waals surface area contributed by atoms with E-state index in [1.165, 1.54) is 0 Å². The number of carbonyl (C=O) groups is 2. The lowest BCUT2D eigenvalue weighted by Gasteiger charge is -2.17. The van der Waals surface area contributed by atoms with E-state index in [4.69, 9.17) is 0 Å². The van der Waals surface area contributed by atoms with Gasteiger partial charge in [-0.25, -0.2) is 4.79 Å². The minimum absolute atomic E-state index is 0.126. The van der Waals surface area contributed by atoms with Crippen LogP contribution in [0.2, 0.25) is 0 Å². The molecule has 0 fully saturated rings. The van der Waals surface area contributed by atoms with Gasteiger partial charge in [0.2, 0.25) is 0 Å². The summed E-state index contributed by atoms with van der Waals surface area (Å²) in [5.74, 6) is -1.48. The lowest BCUT2D eigenvalue weighted by atomic mass is 10.1. The first-order chi connectivity index (χ1) is 10.0. The molecule has 5 heteroatoms. The molecule has 5 nitrogen and oxygen atoms in total. The first kappa shape index (κ1) is 14.8. The van der Waals surface area contributed by atoms with Crippen molar-refractivity contribution >= 4 is 11.9 Å². The average molecular weight is 286 g/mol. The number of aromatic nitrogens is 1. The molecule has 2 rings (SSSR count). The zero-order valence-corrected chi connectivity index (χ0v) is 12.0. The van der Waals surface area contributed by atoms with Crippen molar-refractivity contribution in [3.8, 4) is 0 Å². The van der Waals surface area contributed by atoms with Gasteiger partial charge in [-0.1, -0.05) is 30.3 Å². The highest BCUT2D eigenvalue weighted by Gasteiger charge is 2.23. The summed E-state index contributed by atoms with van der Waals surface area (Å²) >= 11 is 0. The molecule has 110 valence electrons. The second kappa shape index (κ2) is 6.26. The van der Waals surface area contributed by atoms with E-state index in [1.54, 1.807) is 53.2 Å². The van der Waals surface area contributed by atoms with Gasteiger partial charge in [0.05, 0.1) is 0 Å². The van der Waals surface area contributed by atoms with Crippen LogP contribution >= 0.6 is 0 Å². The van der Waals surface area contributed by atoms with Crippen LogP contribution in [-0.4, -0.2) is 21.6 Å². The number of amides is 1. The number of hydrogen-bond acceptors (Lipinski definition) is 2. The van der Waals surface area contributed by atoms with Crippen molar-refractivity contribution < 1.29 is 14.7 Å². The number of nitrogens with one attached hydrogen (secondary N) is 1. The van der Waals surface area contributed by atoms with Gasteiger partial charge >= 0.3 is 5.97 Å². The molecule has 1 aromatic heterocycles. The Kier molecular flexibility index (Phi) is 4.42. The molecule has 1 heterocycles. The maximum Gasteiger partial charge on any atom is 0.330 e. The smallest absolute Gasteiger partial charge is 0.330 e. The van der Waals surface area contributed by atoms with Crippen LogP contribution < -0.4 is 5.32 Å². The van der Waals surface area contributed by atoms with Gasteiger partial charge in [-0.05, 0) is 31.5 Å². The molecule has 0 aliphatic heterocycles. The molecule has 0 aliphatic rings. The highest BCUT2D eigenvalue weighted by Crippen LogP contribution is 2.16. The lowest BCUT2D eigenvalue weighted by Crippen LogP contribution is -2.35. The molecule has 0 saturated carbocycles. The van der Waals surface area contributed by atoms with E-state index < -0.39 is 17.9 Å². The SMILES string of the molecule is CC(C)n1cccc1C(=O)N[C@@H](C(=O)O)c1ccccc1. The minimum atomic E-state index is -1.09. The molecule has 21 heavy (non-hydrogen) atoms. The molecule has 0 radical (unpaired) electrons. The maximum atomic E-state index is 12.3. The molecule has 1 amide bonds. The second-order valence-corrected chi connectivity index (χ2v) is 5.05. The molecular formula is C16H18N2O3. The fourth-order valence-corrected chi connectivity index (χ4v) is 2.17. The molecule has 0 bridgehead atoms. The van der Waals surface area contributed by atoms with Crippen LogP contribution in [0.15, 0.2) is 48.7 Å². The fourth-order valence-electron chi connectivity index (χ4n) is 2.17. The van der Waals surface area contributed by atoms with Crippen LogP contribution in [-0.2, 0) is 4.79 Å². The monoisotopic (exact) mass is 286 g/mol. The number of aliphatic carboxylic acids is 1. The van der Waals surface area contributed by atoms with E-state index in [-0.39, 0.29) is 6.04 Å². The Labute approximate surface area is 123 Å². The van der Waals surface area contributed by atoms with Crippen molar-refractivity contribution in [2.45, 2.75) is 25.9 Å². The van der Waals surface area contributed by atoms with Crippen LogP contribution in [0.25, 0.3) is 0 Å². The summed E-state index contributed by atoms with van der Waals surface area (Å²) in [7, 11) is 0. The molecule has 0 saturated heterocycles. The maximum absolute atomic E-state index is 12.3. The van der Waals surface area contributed by atoms with Crippen molar-refractivity contribution in [2.24, 2.45) is 0 Å². The summed E-state index contributed by atoms with van der Waals surface area (Å²) in [6.07, 6.45) is 1.80. The first-order valence-corrected chi connectivity index (χ1v) is 6.76. The molecule has 1 aromatic carbocycles. The van der Waals surface area contributed by atoms with Crippen LogP contribution in [0.1, 0.15) is 42.0 Å². The predicted molar refractivity (Wildman–Crippen MR) is 79.1 cm³/mol. The van der Waals surface area contributed by atoms with Gasteiger partial charge in [0.15, 0.2) is 6.04 Å². The van der Waals surface area contributed by atoms with Crippen LogP contribution in [0.4, 0.5) is 0 Å². The van der Waals surface area contributed by atoms with E-state index in [0.29, 0.717) is 11.3 Å². The third-order valence-corrected chi connectivity index (χ3v) is 3.22. The van der Waals surface area contributed by atoms with Gasteiger partial charge in [-0.3, -0.25) is 4.79 Å². The number of carboxylic acids is 1. The molecule has 0 unspecified atom stereocenters. The molecule has 1 atom stereocenters. The van der Waals surface area contributed by atoms with Gasteiger partial charge in [-0.15, -0.1) is 0 Å². The second-order valence-electron chi connectivity index (χ2n) is 5.05. The fraction of sp³-hybridized carbons (Fsp3) is 0.250. The summed E-state index contributed by atoms with van der Waals surface area (Å²) in [6, 6.07) is 11.2. The van der Waals surface area contributed by atoms with E-state index in [9.17, 15) is 14.7 Å². The number of rotatable bonds is 5. The Morgan fingerprint density at radius 1 is 1.10 bits per heavy atom. The minimum Gasteiger partial charge on any atom is -0.479 e. The van der Waals surface area contributed by atoms with Crippen molar-refractivity contribution in [3.05, 3.63) is 59.9 Å². The normalized spacial score (nSPS) is 12.1. The lowest BCUT2D eigenvalue weighted by molar-refractivity contribution is -0.139. The third-order valence-electron chi connectivity index (χ3n) is 3.22. The Balaban J connectivity index is 2.24. The molecular weight excluding hydrogens is 268 g/mol. The van der Waals surface area contributed by atoms with E-state index in [1.807, 2.05) is 13.8 Å². The standard InChI is InChI=1S/C16H18N2O3/c1-11(2)18-10-6-9-13(18)15(19)17-14(16(20)21)12-7-4-3-5-8-12/h3-11,14H,1-2H3,(H,17,19)(H,20,21)/t14-/m1/s1. The highest BCUT2D eigenvalue weighted by molar-refractivity contribution is 5.95. The van der Waals surface area contributed by atoms with Gasteiger partial charge < -0.3 is 15.0 Å². The Bertz CT molecular complexity index is 632. The number of benzene rings is 1. The summed E-state index contributed by atoms with van der Waals surface area (Å²) in [5, 5.41) is 11.9. The Hall–Kier alpha value is -2.56. The van der Waals surface area contributed by atoms with E-state index >= 15 is 0 Å². The zero-order valence-electron chi connectivity index (χ0n) is 12.0. The number of carboxylic acid groups (broad SMARTS) is 1. The van der Waals surface area contributed by atoms with Crippen LogP contribution in [0, 0.1) is 0 Å². The van der Waals surface area contributed by atoms with Gasteiger partial charge in [-0.2, -0.15) is 0 Å². The topological polar surface area (TPSA) is 71.3 Å². The van der Waals surface area contributed by atoms with Crippen LogP contribution in [0.5, 0.6) is 0 Å². The Morgan fingerprint density at radius 2 is 1.76 bits per heavy atom.